The van der Waals surface area contributed by atoms with Crippen molar-refractivity contribution in [1.82, 2.24) is 5.32 Å². The summed E-state index contributed by atoms with van der Waals surface area (Å²) in [6.45, 7) is 3.82. The largest absolute Gasteiger partial charge is 0.350 e. The van der Waals surface area contributed by atoms with Crippen LogP contribution >= 0.6 is 0 Å². The number of nitriles is 1. The van der Waals surface area contributed by atoms with Crippen LogP contribution in [0.3, 0.4) is 0 Å². The quantitative estimate of drug-likeness (QED) is 0.830. The Morgan fingerprint density at radius 2 is 1.92 bits per heavy atom. The second-order valence-corrected chi connectivity index (χ2v) is 7.26. The maximum atomic E-state index is 12.6. The summed E-state index contributed by atoms with van der Waals surface area (Å²) in [6, 6.07) is 14.0. The minimum atomic E-state index is -3.92. The van der Waals surface area contributed by atoms with E-state index in [1.807, 2.05) is 19.9 Å². The van der Waals surface area contributed by atoms with Gasteiger partial charge in [-0.15, -0.1) is 0 Å². The van der Waals surface area contributed by atoms with Crippen LogP contribution in [0.5, 0.6) is 0 Å². The van der Waals surface area contributed by atoms with Gasteiger partial charge in [-0.3, -0.25) is 9.52 Å². The molecule has 7 heteroatoms. The number of carbonyl (C=O) groups excluding carboxylic acids is 1. The predicted octanol–water partition coefficient (Wildman–Crippen LogP) is 2.89. The summed E-state index contributed by atoms with van der Waals surface area (Å²) < 4.78 is 27.6. The van der Waals surface area contributed by atoms with Gasteiger partial charge in [-0.2, -0.15) is 5.26 Å². The fourth-order valence-electron chi connectivity index (χ4n) is 2.11. The lowest BCUT2D eigenvalue weighted by Crippen LogP contribution is -2.32. The van der Waals surface area contributed by atoms with E-state index in [9.17, 15) is 13.2 Å². The van der Waals surface area contributed by atoms with Crippen LogP contribution in [-0.2, 0) is 10.0 Å². The van der Waals surface area contributed by atoms with E-state index in [0.29, 0.717) is 0 Å². The standard InChI is InChI=1S/C18H19N3O3S/c1-3-13(2)20-18(22)16-9-4-5-10-17(16)21-25(23,24)15-8-6-7-14(11-15)12-19/h4-11,13,21H,3H2,1-2H3,(H,20,22)/t13-/m1/s1. The van der Waals surface area contributed by atoms with Crippen LogP contribution in [0.25, 0.3) is 0 Å². The third-order valence-corrected chi connectivity index (χ3v) is 5.04. The molecular formula is C18H19N3O3S. The van der Waals surface area contributed by atoms with Crippen molar-refractivity contribution in [3.05, 3.63) is 59.7 Å². The summed E-state index contributed by atoms with van der Waals surface area (Å²) >= 11 is 0. The van der Waals surface area contributed by atoms with Crippen molar-refractivity contribution in [3.63, 3.8) is 0 Å². The molecule has 6 nitrogen and oxygen atoms in total. The Hall–Kier alpha value is -2.85. The topological polar surface area (TPSA) is 99.1 Å². The molecule has 0 aromatic heterocycles. The Labute approximate surface area is 147 Å². The van der Waals surface area contributed by atoms with Gasteiger partial charge in [0, 0.05) is 6.04 Å². The molecule has 2 N–H and O–H groups in total. The van der Waals surface area contributed by atoms with E-state index in [2.05, 4.69) is 10.0 Å². The van der Waals surface area contributed by atoms with Gasteiger partial charge in [0.05, 0.1) is 27.8 Å². The molecule has 0 aliphatic rings. The molecule has 1 atom stereocenters. The molecule has 0 heterocycles. The maximum Gasteiger partial charge on any atom is 0.261 e. The van der Waals surface area contributed by atoms with Crippen LogP contribution in [0.4, 0.5) is 5.69 Å². The second-order valence-electron chi connectivity index (χ2n) is 5.57. The summed E-state index contributed by atoms with van der Waals surface area (Å²) in [7, 11) is -3.92. The lowest BCUT2D eigenvalue weighted by molar-refractivity contribution is 0.0940. The smallest absolute Gasteiger partial charge is 0.261 e. The number of hydrogen-bond acceptors (Lipinski definition) is 4. The molecule has 2 aromatic rings. The number of anilines is 1. The molecule has 2 rings (SSSR count). The highest BCUT2D eigenvalue weighted by Gasteiger charge is 2.19. The summed E-state index contributed by atoms with van der Waals surface area (Å²) in [5.74, 6) is -0.349. The van der Waals surface area contributed by atoms with Crippen LogP contribution in [0, 0.1) is 11.3 Å². The first-order chi connectivity index (χ1) is 11.9. The van der Waals surface area contributed by atoms with E-state index < -0.39 is 10.0 Å². The molecule has 0 saturated carbocycles. The van der Waals surface area contributed by atoms with E-state index >= 15 is 0 Å². The van der Waals surface area contributed by atoms with Gasteiger partial charge in [0.1, 0.15) is 0 Å². The minimum absolute atomic E-state index is 0.0236. The molecule has 0 unspecified atom stereocenters. The molecule has 0 radical (unpaired) electrons. The number of benzene rings is 2. The molecule has 0 saturated heterocycles. The Bertz CT molecular complexity index is 917. The molecule has 0 spiro atoms. The normalized spacial score (nSPS) is 12.0. The highest BCUT2D eigenvalue weighted by molar-refractivity contribution is 7.92. The molecule has 2 aromatic carbocycles. The van der Waals surface area contributed by atoms with Crippen molar-refractivity contribution in [3.8, 4) is 6.07 Å². The lowest BCUT2D eigenvalue weighted by atomic mass is 10.1. The Morgan fingerprint density at radius 3 is 2.60 bits per heavy atom. The summed E-state index contributed by atoms with van der Waals surface area (Å²) in [5.41, 5.74) is 0.666. The first kappa shape index (κ1) is 18.5. The molecule has 0 bridgehead atoms. The van der Waals surface area contributed by atoms with Crippen LogP contribution in [0.15, 0.2) is 53.4 Å². The van der Waals surface area contributed by atoms with Crippen LogP contribution in [0.2, 0.25) is 0 Å². The van der Waals surface area contributed by atoms with E-state index in [-0.39, 0.29) is 33.7 Å². The number of carbonyl (C=O) groups is 1. The van der Waals surface area contributed by atoms with Crippen LogP contribution in [-0.4, -0.2) is 20.4 Å². The second kappa shape index (κ2) is 7.81. The zero-order chi connectivity index (χ0) is 18.4. The Balaban J connectivity index is 2.34. The van der Waals surface area contributed by atoms with Gasteiger partial charge in [0.15, 0.2) is 0 Å². The molecule has 0 fully saturated rings. The van der Waals surface area contributed by atoms with Gasteiger partial charge in [0.2, 0.25) is 0 Å². The number of rotatable bonds is 6. The summed E-state index contributed by atoms with van der Waals surface area (Å²) in [6.07, 6.45) is 0.764. The van der Waals surface area contributed by atoms with Crippen molar-refractivity contribution < 1.29 is 13.2 Å². The van der Waals surface area contributed by atoms with Crippen molar-refractivity contribution in [1.29, 1.82) is 5.26 Å². The van der Waals surface area contributed by atoms with Gasteiger partial charge in [-0.05, 0) is 43.7 Å². The van der Waals surface area contributed by atoms with Gasteiger partial charge in [-0.25, -0.2) is 8.42 Å². The van der Waals surface area contributed by atoms with Gasteiger partial charge < -0.3 is 5.32 Å². The molecule has 130 valence electrons. The van der Waals surface area contributed by atoms with Crippen molar-refractivity contribution in [2.75, 3.05) is 4.72 Å². The number of hydrogen-bond donors (Lipinski definition) is 2. The first-order valence-electron chi connectivity index (χ1n) is 7.80. The van der Waals surface area contributed by atoms with Crippen LogP contribution in [0.1, 0.15) is 36.2 Å². The number of nitrogens with zero attached hydrogens (tertiary/aromatic N) is 1. The summed E-state index contributed by atoms with van der Waals surface area (Å²) in [5, 5.41) is 11.7. The molecular weight excluding hydrogens is 338 g/mol. The molecule has 0 aliphatic heterocycles. The number of sulfonamides is 1. The van der Waals surface area contributed by atoms with E-state index in [0.717, 1.165) is 6.42 Å². The molecule has 25 heavy (non-hydrogen) atoms. The molecule has 0 aliphatic carbocycles. The van der Waals surface area contributed by atoms with Crippen LogP contribution < -0.4 is 10.0 Å². The SMILES string of the molecule is CC[C@@H](C)NC(=O)c1ccccc1NS(=O)(=O)c1cccc(C#N)c1. The number of amides is 1. The van der Waals surface area contributed by atoms with E-state index in [4.69, 9.17) is 5.26 Å². The minimum Gasteiger partial charge on any atom is -0.350 e. The maximum absolute atomic E-state index is 12.6. The Morgan fingerprint density at radius 1 is 1.20 bits per heavy atom. The number of nitrogens with one attached hydrogen (secondary N) is 2. The fraction of sp³-hybridized carbons (Fsp3) is 0.222. The van der Waals surface area contributed by atoms with Gasteiger partial charge in [-0.1, -0.05) is 25.1 Å². The van der Waals surface area contributed by atoms with E-state index in [1.165, 1.54) is 30.3 Å². The fourth-order valence-corrected chi connectivity index (χ4v) is 3.24. The van der Waals surface area contributed by atoms with E-state index in [1.54, 1.807) is 18.2 Å². The monoisotopic (exact) mass is 357 g/mol. The van der Waals surface area contributed by atoms with Crippen molar-refractivity contribution in [2.45, 2.75) is 31.2 Å². The predicted molar refractivity (Wildman–Crippen MR) is 95.6 cm³/mol. The zero-order valence-corrected chi connectivity index (χ0v) is 14.8. The molecule has 1 amide bonds. The Kier molecular flexibility index (Phi) is 5.78. The zero-order valence-electron chi connectivity index (χ0n) is 14.0. The third kappa shape index (κ3) is 4.58. The first-order valence-corrected chi connectivity index (χ1v) is 9.28. The number of para-hydroxylation sites is 1. The van der Waals surface area contributed by atoms with Crippen molar-refractivity contribution >= 4 is 21.6 Å². The highest BCUT2D eigenvalue weighted by Crippen LogP contribution is 2.21. The summed E-state index contributed by atoms with van der Waals surface area (Å²) in [4.78, 5) is 12.3. The third-order valence-electron chi connectivity index (χ3n) is 3.68. The average molecular weight is 357 g/mol. The highest BCUT2D eigenvalue weighted by atomic mass is 32.2. The lowest BCUT2D eigenvalue weighted by Gasteiger charge is -2.15. The van der Waals surface area contributed by atoms with Crippen molar-refractivity contribution in [2.24, 2.45) is 0 Å². The van der Waals surface area contributed by atoms with Gasteiger partial charge >= 0.3 is 0 Å². The van der Waals surface area contributed by atoms with Gasteiger partial charge in [0.25, 0.3) is 15.9 Å². The average Bonchev–Trinajstić information content (AvgIpc) is 2.61.